The smallest absolute Gasteiger partial charge is 0.135 e. The van der Waals surface area contributed by atoms with Crippen LogP contribution in [0, 0.1) is 0 Å². The summed E-state index contributed by atoms with van der Waals surface area (Å²) in [5, 5.41) is 11.1. The van der Waals surface area contributed by atoms with Gasteiger partial charge in [0.2, 0.25) is 0 Å². The molecule has 1 aromatic carbocycles. The van der Waals surface area contributed by atoms with Crippen molar-refractivity contribution in [3.05, 3.63) is 54.4 Å². The van der Waals surface area contributed by atoms with E-state index in [-0.39, 0.29) is 0 Å². The molecule has 1 aliphatic heterocycles. The molecule has 104 valence electrons. The Labute approximate surface area is 122 Å². The van der Waals surface area contributed by atoms with Crippen LogP contribution in [-0.2, 0) is 13.6 Å². The van der Waals surface area contributed by atoms with E-state index >= 15 is 0 Å². The number of fused-ring (bicyclic) bond motifs is 2. The van der Waals surface area contributed by atoms with Gasteiger partial charge >= 0.3 is 0 Å². The predicted octanol–water partition coefficient (Wildman–Crippen LogP) is 3.15. The second kappa shape index (κ2) is 4.63. The summed E-state index contributed by atoms with van der Waals surface area (Å²) in [5.74, 6) is 0.914. The van der Waals surface area contributed by atoms with Gasteiger partial charge in [-0.3, -0.25) is 4.68 Å². The molecule has 0 saturated heterocycles. The number of rotatable bonds is 1. The molecule has 2 aromatic heterocycles. The number of aromatic nitrogens is 3. The Morgan fingerprint density at radius 2 is 2.05 bits per heavy atom. The fourth-order valence-electron chi connectivity index (χ4n) is 2.63. The van der Waals surface area contributed by atoms with Gasteiger partial charge in [-0.15, -0.1) is 0 Å². The number of nitrogens with zero attached hydrogens (tertiary/aromatic N) is 3. The molecule has 2 N–H and O–H groups in total. The molecule has 4 rings (SSSR count). The van der Waals surface area contributed by atoms with E-state index in [0.29, 0.717) is 0 Å². The number of pyridine rings is 1. The van der Waals surface area contributed by atoms with Gasteiger partial charge in [-0.2, -0.15) is 5.10 Å². The normalized spacial score (nSPS) is 12.6. The largest absolute Gasteiger partial charge is 0.379 e. The lowest BCUT2D eigenvalue weighted by molar-refractivity contribution is 0.776. The van der Waals surface area contributed by atoms with Gasteiger partial charge in [0.25, 0.3) is 0 Å². The molecule has 3 aromatic rings. The first-order valence-electron chi connectivity index (χ1n) is 6.88. The van der Waals surface area contributed by atoms with Gasteiger partial charge in [0.15, 0.2) is 0 Å². The molecule has 0 radical (unpaired) electrons. The monoisotopic (exact) mass is 277 g/mol. The summed E-state index contributed by atoms with van der Waals surface area (Å²) in [6.45, 7) is 0.762. The Balaban J connectivity index is 1.76. The van der Waals surface area contributed by atoms with Gasteiger partial charge in [0.05, 0.1) is 17.1 Å². The Morgan fingerprint density at radius 1 is 1.10 bits per heavy atom. The highest BCUT2D eigenvalue weighted by molar-refractivity contribution is 5.81. The van der Waals surface area contributed by atoms with Crippen molar-refractivity contribution in [1.29, 1.82) is 0 Å². The van der Waals surface area contributed by atoms with Crippen molar-refractivity contribution < 1.29 is 0 Å². The standard InChI is InChI=1S/C16H15N5/c1-21-15(6-8-19-21)11-4-5-13-14(9-11)18-10-12-3-2-7-17-16(12)20-13/h2-9,18H,10H2,1H3,(H,17,20). The molecule has 1 aliphatic rings. The molecule has 0 amide bonds. The molecule has 3 heterocycles. The molecule has 5 heteroatoms. The average Bonchev–Trinajstić information content (AvgIpc) is 2.84. The minimum Gasteiger partial charge on any atom is -0.379 e. The van der Waals surface area contributed by atoms with E-state index < -0.39 is 0 Å². The summed E-state index contributed by atoms with van der Waals surface area (Å²) in [7, 11) is 1.95. The summed E-state index contributed by atoms with van der Waals surface area (Å²) < 4.78 is 1.88. The Kier molecular flexibility index (Phi) is 2.64. The van der Waals surface area contributed by atoms with Gasteiger partial charge in [-0.25, -0.2) is 4.98 Å². The van der Waals surface area contributed by atoms with E-state index in [1.165, 1.54) is 0 Å². The number of benzene rings is 1. The third-order valence-electron chi connectivity index (χ3n) is 3.75. The van der Waals surface area contributed by atoms with Crippen LogP contribution in [0.4, 0.5) is 17.2 Å². The molecule has 21 heavy (non-hydrogen) atoms. The van der Waals surface area contributed by atoms with Gasteiger partial charge < -0.3 is 10.6 Å². The van der Waals surface area contributed by atoms with Gasteiger partial charge in [0, 0.05) is 37.1 Å². The summed E-state index contributed by atoms with van der Waals surface area (Å²) in [6, 6.07) is 12.4. The minimum absolute atomic E-state index is 0.762. The van der Waals surface area contributed by atoms with Crippen LogP contribution in [0.5, 0.6) is 0 Å². The van der Waals surface area contributed by atoms with E-state index in [1.54, 1.807) is 6.20 Å². The zero-order chi connectivity index (χ0) is 14.2. The van der Waals surface area contributed by atoms with Crippen LogP contribution >= 0.6 is 0 Å². The van der Waals surface area contributed by atoms with Crippen molar-refractivity contribution in [2.45, 2.75) is 6.54 Å². The van der Waals surface area contributed by atoms with Crippen molar-refractivity contribution >= 4 is 17.2 Å². The Morgan fingerprint density at radius 3 is 2.90 bits per heavy atom. The number of nitrogens with one attached hydrogen (secondary N) is 2. The highest BCUT2D eigenvalue weighted by Gasteiger charge is 2.14. The maximum absolute atomic E-state index is 4.40. The topological polar surface area (TPSA) is 54.8 Å². The molecule has 5 nitrogen and oxygen atoms in total. The van der Waals surface area contributed by atoms with E-state index in [0.717, 1.165) is 40.6 Å². The lowest BCUT2D eigenvalue weighted by Crippen LogP contribution is -1.98. The first kappa shape index (κ1) is 12.0. The first-order valence-corrected chi connectivity index (χ1v) is 6.88. The number of anilines is 3. The second-order valence-corrected chi connectivity index (χ2v) is 5.09. The maximum atomic E-state index is 4.40. The predicted molar refractivity (Wildman–Crippen MR) is 83.5 cm³/mol. The maximum Gasteiger partial charge on any atom is 0.135 e. The summed E-state index contributed by atoms with van der Waals surface area (Å²) in [6.07, 6.45) is 3.62. The quantitative estimate of drug-likeness (QED) is 0.717. The average molecular weight is 277 g/mol. The Hall–Kier alpha value is -2.82. The Bertz CT molecular complexity index is 806. The van der Waals surface area contributed by atoms with E-state index in [1.807, 2.05) is 30.1 Å². The number of aryl methyl sites for hydroxylation is 1. The fraction of sp³-hybridized carbons (Fsp3) is 0.125. The molecule has 0 spiro atoms. The summed E-state index contributed by atoms with van der Waals surface area (Å²) >= 11 is 0. The fourth-order valence-corrected chi connectivity index (χ4v) is 2.63. The molecular formula is C16H15N5. The van der Waals surface area contributed by atoms with Crippen LogP contribution in [0.25, 0.3) is 11.3 Å². The van der Waals surface area contributed by atoms with Crippen LogP contribution in [0.1, 0.15) is 5.56 Å². The van der Waals surface area contributed by atoms with E-state index in [2.05, 4.69) is 45.0 Å². The zero-order valence-corrected chi connectivity index (χ0v) is 11.7. The molecule has 0 unspecified atom stereocenters. The molecular weight excluding hydrogens is 262 g/mol. The third kappa shape index (κ3) is 2.03. The van der Waals surface area contributed by atoms with Crippen molar-refractivity contribution in [2.75, 3.05) is 10.6 Å². The zero-order valence-electron chi connectivity index (χ0n) is 11.7. The molecule has 0 atom stereocenters. The van der Waals surface area contributed by atoms with Crippen LogP contribution in [0.15, 0.2) is 48.8 Å². The third-order valence-corrected chi connectivity index (χ3v) is 3.75. The molecule has 0 saturated carbocycles. The van der Waals surface area contributed by atoms with Crippen LogP contribution < -0.4 is 10.6 Å². The van der Waals surface area contributed by atoms with Crippen molar-refractivity contribution in [2.24, 2.45) is 7.05 Å². The highest BCUT2D eigenvalue weighted by Crippen LogP contribution is 2.33. The van der Waals surface area contributed by atoms with E-state index in [4.69, 9.17) is 0 Å². The van der Waals surface area contributed by atoms with Gasteiger partial charge in [-0.05, 0) is 24.3 Å². The number of hydrogen-bond acceptors (Lipinski definition) is 4. The minimum atomic E-state index is 0.762. The SMILES string of the molecule is Cn1nccc1-c1ccc2c(c1)NCc1cccnc1N2. The van der Waals surface area contributed by atoms with Crippen LogP contribution in [0.2, 0.25) is 0 Å². The lowest BCUT2D eigenvalue weighted by atomic mass is 10.1. The molecule has 0 fully saturated rings. The van der Waals surface area contributed by atoms with Crippen molar-refractivity contribution in [1.82, 2.24) is 14.8 Å². The second-order valence-electron chi connectivity index (χ2n) is 5.09. The summed E-state index contributed by atoms with van der Waals surface area (Å²) in [4.78, 5) is 4.40. The first-order chi connectivity index (χ1) is 10.3. The van der Waals surface area contributed by atoms with E-state index in [9.17, 15) is 0 Å². The summed E-state index contributed by atoms with van der Waals surface area (Å²) in [5.41, 5.74) is 5.52. The molecule has 0 aliphatic carbocycles. The lowest BCUT2D eigenvalue weighted by Gasteiger charge is -2.11. The van der Waals surface area contributed by atoms with Gasteiger partial charge in [-0.1, -0.05) is 12.1 Å². The highest BCUT2D eigenvalue weighted by atomic mass is 15.3. The molecule has 0 bridgehead atoms. The van der Waals surface area contributed by atoms with Crippen LogP contribution in [-0.4, -0.2) is 14.8 Å². The van der Waals surface area contributed by atoms with Crippen molar-refractivity contribution in [3.63, 3.8) is 0 Å². The van der Waals surface area contributed by atoms with Crippen LogP contribution in [0.3, 0.4) is 0 Å². The van der Waals surface area contributed by atoms with Gasteiger partial charge in [0.1, 0.15) is 5.82 Å². The van der Waals surface area contributed by atoms with Crippen molar-refractivity contribution in [3.8, 4) is 11.3 Å². The number of hydrogen-bond donors (Lipinski definition) is 2.